The van der Waals surface area contributed by atoms with E-state index in [1.165, 1.54) is 0 Å². The minimum absolute atomic E-state index is 0.0871. The predicted octanol–water partition coefficient (Wildman–Crippen LogP) is 1.21. The number of thiol groups is 1. The number of carboxylic acid groups (broad SMARTS) is 1. The molecule has 1 heterocycles. The lowest BCUT2D eigenvalue weighted by atomic mass is 10.0. The number of rotatable bonds is 6. The zero-order valence-electron chi connectivity index (χ0n) is 10.9. The summed E-state index contributed by atoms with van der Waals surface area (Å²) in [5.41, 5.74) is 1.03. The first-order valence-electron chi connectivity index (χ1n) is 6.06. The third kappa shape index (κ3) is 4.23. The number of tetrazole rings is 1. The number of hydrogen-bond donors (Lipinski definition) is 3. The van der Waals surface area contributed by atoms with Crippen LogP contribution in [0.5, 0.6) is 0 Å². The number of hydrogen-bond acceptors (Lipinski definition) is 6. The van der Waals surface area contributed by atoms with Crippen LogP contribution in [0.15, 0.2) is 30.3 Å². The van der Waals surface area contributed by atoms with Crippen molar-refractivity contribution in [1.29, 1.82) is 0 Å². The average molecular weight is 323 g/mol. The molecule has 0 fully saturated rings. The van der Waals surface area contributed by atoms with Gasteiger partial charge >= 0.3 is 5.97 Å². The monoisotopic (exact) mass is 323 g/mol. The van der Waals surface area contributed by atoms with Crippen LogP contribution >= 0.6 is 24.8 Å². The molecule has 2 aromatic rings. The van der Waals surface area contributed by atoms with Crippen LogP contribution in [0.4, 0.5) is 5.95 Å². The van der Waals surface area contributed by atoms with Crippen LogP contribution in [0.1, 0.15) is 11.5 Å². The van der Waals surface area contributed by atoms with E-state index in [0.717, 1.165) is 10.4 Å². The van der Waals surface area contributed by atoms with Crippen molar-refractivity contribution in [2.75, 3.05) is 11.1 Å². The number of aromatic nitrogens is 4. The number of carbonyl (C=O) groups is 1. The van der Waals surface area contributed by atoms with Gasteiger partial charge in [0.2, 0.25) is 0 Å². The fourth-order valence-electron chi connectivity index (χ4n) is 1.70. The van der Waals surface area contributed by atoms with Gasteiger partial charge in [-0.1, -0.05) is 47.6 Å². The standard InChI is InChI=1S/C12H13N5O2S2/c18-10(19)6-17-15-12(14-16-17)13-11(21)9(7-20)8-4-2-1-3-5-8/h1-5,9,20H,6-7H2,(H,18,19)(H,13,15,21). The number of anilines is 1. The van der Waals surface area contributed by atoms with Crippen molar-refractivity contribution in [3.63, 3.8) is 0 Å². The molecule has 0 bridgehead atoms. The second kappa shape index (κ2) is 7.14. The molecule has 2 N–H and O–H groups in total. The SMILES string of the molecule is O=C(O)Cn1nnc(NC(=S)C(CS)c2ccccc2)n1. The fraction of sp³-hybridized carbons (Fsp3) is 0.250. The molecule has 1 unspecified atom stereocenters. The van der Waals surface area contributed by atoms with E-state index in [1.54, 1.807) is 0 Å². The molecule has 1 aromatic heterocycles. The van der Waals surface area contributed by atoms with Gasteiger partial charge in [-0.15, -0.1) is 5.10 Å². The number of carboxylic acids is 1. The molecule has 0 aliphatic carbocycles. The summed E-state index contributed by atoms with van der Waals surface area (Å²) < 4.78 is 0. The molecule has 0 amide bonds. The molecule has 2 rings (SSSR count). The molecule has 0 saturated carbocycles. The van der Waals surface area contributed by atoms with Gasteiger partial charge in [-0.2, -0.15) is 17.4 Å². The molecular weight excluding hydrogens is 310 g/mol. The Bertz CT molecular complexity index is 632. The number of thiocarbonyl (C=S) groups is 1. The Morgan fingerprint density at radius 3 is 2.76 bits per heavy atom. The summed E-state index contributed by atoms with van der Waals surface area (Å²) in [5, 5.41) is 22.7. The van der Waals surface area contributed by atoms with E-state index in [0.29, 0.717) is 10.7 Å². The topological polar surface area (TPSA) is 92.9 Å². The second-order valence-electron chi connectivity index (χ2n) is 4.17. The van der Waals surface area contributed by atoms with Crippen LogP contribution < -0.4 is 5.32 Å². The summed E-state index contributed by atoms with van der Waals surface area (Å²) in [6, 6.07) is 9.70. The van der Waals surface area contributed by atoms with E-state index in [-0.39, 0.29) is 18.4 Å². The Hall–Kier alpha value is -2.00. The molecule has 0 aliphatic rings. The maximum absolute atomic E-state index is 10.6. The first kappa shape index (κ1) is 15.4. The smallest absolute Gasteiger partial charge is 0.327 e. The van der Waals surface area contributed by atoms with E-state index >= 15 is 0 Å². The van der Waals surface area contributed by atoms with Crippen molar-refractivity contribution in [1.82, 2.24) is 20.2 Å². The fourth-order valence-corrected chi connectivity index (χ4v) is 2.53. The molecule has 0 radical (unpaired) electrons. The molecule has 7 nitrogen and oxygen atoms in total. The maximum atomic E-state index is 10.6. The van der Waals surface area contributed by atoms with Crippen molar-refractivity contribution < 1.29 is 9.90 Å². The van der Waals surface area contributed by atoms with Crippen LogP contribution in [-0.4, -0.2) is 42.0 Å². The van der Waals surface area contributed by atoms with E-state index in [1.807, 2.05) is 30.3 Å². The first-order valence-corrected chi connectivity index (χ1v) is 7.10. The normalized spacial score (nSPS) is 11.9. The van der Waals surface area contributed by atoms with Crippen molar-refractivity contribution in [3.8, 4) is 0 Å². The van der Waals surface area contributed by atoms with Crippen molar-refractivity contribution >= 4 is 41.8 Å². The average Bonchev–Trinajstić information content (AvgIpc) is 2.87. The Kier molecular flexibility index (Phi) is 5.23. The molecule has 21 heavy (non-hydrogen) atoms. The Balaban J connectivity index is 2.06. The number of nitrogens with one attached hydrogen (secondary N) is 1. The van der Waals surface area contributed by atoms with Crippen LogP contribution in [0.3, 0.4) is 0 Å². The van der Waals surface area contributed by atoms with Gasteiger partial charge in [-0.25, -0.2) is 0 Å². The molecule has 0 saturated heterocycles. The van der Waals surface area contributed by atoms with Crippen molar-refractivity contribution in [2.24, 2.45) is 0 Å². The molecule has 1 atom stereocenters. The maximum Gasteiger partial charge on any atom is 0.327 e. The summed E-state index contributed by atoms with van der Waals surface area (Å²) >= 11 is 9.66. The van der Waals surface area contributed by atoms with E-state index in [9.17, 15) is 4.79 Å². The minimum atomic E-state index is -1.04. The van der Waals surface area contributed by atoms with E-state index in [2.05, 4.69) is 33.4 Å². The van der Waals surface area contributed by atoms with Gasteiger partial charge in [0.05, 0.1) is 4.99 Å². The summed E-state index contributed by atoms with van der Waals surface area (Å²) in [4.78, 5) is 12.0. The lowest BCUT2D eigenvalue weighted by Gasteiger charge is -2.16. The second-order valence-corrected chi connectivity index (χ2v) is 4.98. The van der Waals surface area contributed by atoms with Crippen LogP contribution in [0.2, 0.25) is 0 Å². The predicted molar refractivity (Wildman–Crippen MR) is 84.7 cm³/mol. The highest BCUT2D eigenvalue weighted by Gasteiger charge is 2.17. The van der Waals surface area contributed by atoms with Gasteiger partial charge in [-0.3, -0.25) is 4.79 Å². The third-order valence-corrected chi connectivity index (χ3v) is 3.42. The number of benzene rings is 1. The van der Waals surface area contributed by atoms with Crippen LogP contribution in [0, 0.1) is 0 Å². The molecular formula is C12H13N5O2S2. The van der Waals surface area contributed by atoms with Gasteiger partial charge in [0.15, 0.2) is 6.54 Å². The third-order valence-electron chi connectivity index (χ3n) is 2.67. The summed E-state index contributed by atoms with van der Waals surface area (Å²) in [6.45, 7) is -0.351. The van der Waals surface area contributed by atoms with Gasteiger partial charge in [-0.05, 0) is 10.8 Å². The number of nitrogens with zero attached hydrogens (tertiary/aromatic N) is 4. The van der Waals surface area contributed by atoms with Crippen LogP contribution in [-0.2, 0) is 11.3 Å². The van der Waals surface area contributed by atoms with Gasteiger partial charge in [0.25, 0.3) is 5.95 Å². The van der Waals surface area contributed by atoms with Gasteiger partial charge < -0.3 is 10.4 Å². The van der Waals surface area contributed by atoms with Gasteiger partial charge in [0.1, 0.15) is 0 Å². The summed E-state index contributed by atoms with van der Waals surface area (Å²) in [6.07, 6.45) is 0. The lowest BCUT2D eigenvalue weighted by molar-refractivity contribution is -0.138. The van der Waals surface area contributed by atoms with E-state index < -0.39 is 5.97 Å². The Morgan fingerprint density at radius 1 is 1.43 bits per heavy atom. The lowest BCUT2D eigenvalue weighted by Crippen LogP contribution is -2.21. The highest BCUT2D eigenvalue weighted by Crippen LogP contribution is 2.19. The molecule has 1 aromatic carbocycles. The highest BCUT2D eigenvalue weighted by atomic mass is 32.1. The molecule has 110 valence electrons. The zero-order valence-corrected chi connectivity index (χ0v) is 12.6. The molecule has 0 aliphatic heterocycles. The number of aliphatic carboxylic acids is 1. The highest BCUT2D eigenvalue weighted by molar-refractivity contribution is 7.81. The van der Waals surface area contributed by atoms with Crippen molar-refractivity contribution in [2.45, 2.75) is 12.5 Å². The van der Waals surface area contributed by atoms with Crippen molar-refractivity contribution in [3.05, 3.63) is 35.9 Å². The molecule has 0 spiro atoms. The minimum Gasteiger partial charge on any atom is -0.480 e. The first-order chi connectivity index (χ1) is 10.1. The largest absolute Gasteiger partial charge is 0.480 e. The van der Waals surface area contributed by atoms with E-state index in [4.69, 9.17) is 17.3 Å². The molecule has 9 heteroatoms. The Morgan fingerprint density at radius 2 is 2.14 bits per heavy atom. The quantitative estimate of drug-likeness (QED) is 0.543. The zero-order chi connectivity index (χ0) is 15.2. The van der Waals surface area contributed by atoms with Gasteiger partial charge in [0, 0.05) is 11.7 Å². The van der Waals surface area contributed by atoms with Crippen LogP contribution in [0.25, 0.3) is 0 Å². The summed E-state index contributed by atoms with van der Waals surface area (Å²) in [7, 11) is 0. The Labute approximate surface area is 131 Å². The summed E-state index contributed by atoms with van der Waals surface area (Å²) in [5.74, 6) is -0.432.